The fraction of sp³-hybridized carbons (Fsp3) is 0.200. The molecule has 1 N–H and O–H groups in total. The van der Waals surface area contributed by atoms with Crippen molar-refractivity contribution in [2.24, 2.45) is 0 Å². The number of nitrogens with one attached hydrogen (secondary N) is 1. The van der Waals surface area contributed by atoms with Gasteiger partial charge < -0.3 is 4.90 Å². The Morgan fingerprint density at radius 2 is 1.91 bits per heavy atom. The van der Waals surface area contributed by atoms with Crippen LogP contribution in [0, 0.1) is 0 Å². The van der Waals surface area contributed by atoms with Crippen LogP contribution in [0.2, 0.25) is 5.02 Å². The maximum atomic E-state index is 12.5. The van der Waals surface area contributed by atoms with Crippen LogP contribution >= 0.6 is 23.4 Å². The predicted octanol–water partition coefficient (Wildman–Crippen LogP) is 3.68. The summed E-state index contributed by atoms with van der Waals surface area (Å²) in [5.74, 6) is 1.01. The zero-order chi connectivity index (χ0) is 15.7. The highest BCUT2D eigenvalue weighted by molar-refractivity contribution is 7.99. The molecule has 0 amide bonds. The predicted molar refractivity (Wildman–Crippen MR) is 92.7 cm³/mol. The lowest BCUT2D eigenvalue weighted by atomic mass is 10.3. The number of thioether (sulfide) groups is 1. The van der Waals surface area contributed by atoms with E-state index in [0.717, 1.165) is 22.9 Å². The summed E-state index contributed by atoms with van der Waals surface area (Å²) in [6.07, 6.45) is 0. The van der Waals surface area contributed by atoms with Gasteiger partial charge in [-0.25, -0.2) is 8.42 Å². The Labute approximate surface area is 139 Å². The molecule has 7 heteroatoms. The molecule has 0 aliphatic carbocycles. The number of halogens is 1. The van der Waals surface area contributed by atoms with E-state index in [1.165, 1.54) is 0 Å². The van der Waals surface area contributed by atoms with Crippen LogP contribution in [0.15, 0.2) is 52.3 Å². The van der Waals surface area contributed by atoms with Gasteiger partial charge in [0.15, 0.2) is 0 Å². The van der Waals surface area contributed by atoms with Crippen molar-refractivity contribution in [3.63, 3.8) is 0 Å². The summed E-state index contributed by atoms with van der Waals surface area (Å²) in [6, 6.07) is 11.8. The molecule has 0 fully saturated rings. The number of benzene rings is 2. The second kappa shape index (κ2) is 6.02. The van der Waals surface area contributed by atoms with Crippen molar-refractivity contribution in [2.45, 2.75) is 9.79 Å². The summed E-state index contributed by atoms with van der Waals surface area (Å²) in [5, 5.41) is 0.565. The van der Waals surface area contributed by atoms with Gasteiger partial charge in [0.25, 0.3) is 10.0 Å². The van der Waals surface area contributed by atoms with E-state index in [9.17, 15) is 8.42 Å². The Balaban J connectivity index is 1.92. The third kappa shape index (κ3) is 3.19. The molecule has 0 bridgehead atoms. The van der Waals surface area contributed by atoms with Gasteiger partial charge >= 0.3 is 0 Å². The summed E-state index contributed by atoms with van der Waals surface area (Å²) >= 11 is 7.56. The van der Waals surface area contributed by atoms with E-state index in [1.54, 1.807) is 48.2 Å². The highest BCUT2D eigenvalue weighted by Crippen LogP contribution is 2.35. The fourth-order valence-corrected chi connectivity index (χ4v) is 4.55. The molecule has 3 rings (SSSR count). The smallest absolute Gasteiger partial charge is 0.261 e. The second-order valence-corrected chi connectivity index (χ2v) is 8.27. The van der Waals surface area contributed by atoms with E-state index in [0.29, 0.717) is 10.7 Å². The highest BCUT2D eigenvalue weighted by atomic mass is 35.5. The van der Waals surface area contributed by atoms with Gasteiger partial charge in [-0.3, -0.25) is 4.72 Å². The number of hydrogen-bond donors (Lipinski definition) is 1. The first kappa shape index (κ1) is 15.5. The van der Waals surface area contributed by atoms with E-state index in [2.05, 4.69) is 9.62 Å². The zero-order valence-electron chi connectivity index (χ0n) is 11.9. The molecule has 0 aromatic heterocycles. The minimum absolute atomic E-state index is 0.260. The van der Waals surface area contributed by atoms with Crippen LogP contribution in [-0.2, 0) is 10.0 Å². The molecule has 1 aliphatic heterocycles. The molecule has 0 spiro atoms. The summed E-state index contributed by atoms with van der Waals surface area (Å²) in [4.78, 5) is 3.45. The van der Waals surface area contributed by atoms with Crippen molar-refractivity contribution in [3.05, 3.63) is 47.5 Å². The molecule has 1 aliphatic rings. The molecular formula is C15H15ClN2O2S2. The molecule has 0 saturated heterocycles. The summed E-state index contributed by atoms with van der Waals surface area (Å²) in [6.45, 7) is 0.909. The van der Waals surface area contributed by atoms with Gasteiger partial charge in [0.1, 0.15) is 0 Å². The van der Waals surface area contributed by atoms with E-state index in [1.807, 2.05) is 13.1 Å². The van der Waals surface area contributed by atoms with Crippen molar-refractivity contribution < 1.29 is 8.42 Å². The lowest BCUT2D eigenvalue weighted by Gasteiger charge is -2.27. The molecule has 0 radical (unpaired) electrons. The molecule has 116 valence electrons. The number of anilines is 2. The average molecular weight is 355 g/mol. The zero-order valence-corrected chi connectivity index (χ0v) is 14.3. The first-order valence-corrected chi connectivity index (χ1v) is 9.57. The number of hydrogen-bond acceptors (Lipinski definition) is 4. The molecule has 0 unspecified atom stereocenters. The Kier molecular flexibility index (Phi) is 4.25. The maximum absolute atomic E-state index is 12.5. The number of sulfonamides is 1. The van der Waals surface area contributed by atoms with Gasteiger partial charge in [-0.15, -0.1) is 11.8 Å². The molecular weight excluding hydrogens is 340 g/mol. The van der Waals surface area contributed by atoms with E-state index < -0.39 is 10.0 Å². The maximum Gasteiger partial charge on any atom is 0.261 e. The fourth-order valence-electron chi connectivity index (χ4n) is 2.23. The van der Waals surface area contributed by atoms with Crippen LogP contribution in [0.3, 0.4) is 0 Å². The van der Waals surface area contributed by atoms with Crippen molar-refractivity contribution in [1.29, 1.82) is 0 Å². The molecule has 22 heavy (non-hydrogen) atoms. The third-order valence-corrected chi connectivity index (χ3v) is 6.11. The van der Waals surface area contributed by atoms with Crippen LogP contribution in [0.4, 0.5) is 11.4 Å². The molecule has 0 saturated carbocycles. The van der Waals surface area contributed by atoms with Gasteiger partial charge in [-0.05, 0) is 42.5 Å². The lowest BCUT2D eigenvalue weighted by Crippen LogP contribution is -2.24. The molecule has 4 nitrogen and oxygen atoms in total. The monoisotopic (exact) mass is 354 g/mol. The summed E-state index contributed by atoms with van der Waals surface area (Å²) < 4.78 is 27.6. The van der Waals surface area contributed by atoms with Crippen LogP contribution < -0.4 is 9.62 Å². The Morgan fingerprint density at radius 1 is 1.18 bits per heavy atom. The standard InChI is InChI=1S/C15H15ClN2O2S2/c1-18-8-9-21-15-7-6-13(10-14(15)18)22(19,20)17-12-4-2-11(16)3-5-12/h2-7,10,17H,8-9H2,1H3. The minimum atomic E-state index is -3.61. The average Bonchev–Trinajstić information content (AvgIpc) is 2.49. The van der Waals surface area contributed by atoms with Crippen LogP contribution in [-0.4, -0.2) is 27.8 Å². The quantitative estimate of drug-likeness (QED) is 0.913. The third-order valence-electron chi connectivity index (χ3n) is 3.43. The minimum Gasteiger partial charge on any atom is -0.373 e. The highest BCUT2D eigenvalue weighted by Gasteiger charge is 2.20. The molecule has 2 aromatic rings. The SMILES string of the molecule is CN1CCSc2ccc(S(=O)(=O)Nc3ccc(Cl)cc3)cc21. The van der Waals surface area contributed by atoms with Crippen molar-refractivity contribution in [3.8, 4) is 0 Å². The molecule has 2 aromatic carbocycles. The van der Waals surface area contributed by atoms with Gasteiger partial charge in [0.2, 0.25) is 0 Å². The van der Waals surface area contributed by atoms with Gasteiger partial charge in [-0.2, -0.15) is 0 Å². The Morgan fingerprint density at radius 3 is 2.64 bits per heavy atom. The van der Waals surface area contributed by atoms with E-state index in [-0.39, 0.29) is 4.90 Å². The Bertz CT molecular complexity index is 792. The van der Waals surface area contributed by atoms with Crippen molar-refractivity contribution in [1.82, 2.24) is 0 Å². The van der Waals surface area contributed by atoms with E-state index in [4.69, 9.17) is 11.6 Å². The number of fused-ring (bicyclic) bond motifs is 1. The van der Waals surface area contributed by atoms with Crippen molar-refractivity contribution >= 4 is 44.8 Å². The van der Waals surface area contributed by atoms with Crippen LogP contribution in [0.25, 0.3) is 0 Å². The topological polar surface area (TPSA) is 49.4 Å². The van der Waals surface area contributed by atoms with Gasteiger partial charge in [0, 0.05) is 35.0 Å². The van der Waals surface area contributed by atoms with E-state index >= 15 is 0 Å². The molecule has 0 atom stereocenters. The first-order valence-electron chi connectivity index (χ1n) is 6.72. The lowest BCUT2D eigenvalue weighted by molar-refractivity contribution is 0.601. The van der Waals surface area contributed by atoms with Gasteiger partial charge in [0.05, 0.1) is 10.6 Å². The summed E-state index contributed by atoms with van der Waals surface area (Å²) in [7, 11) is -1.64. The number of rotatable bonds is 3. The molecule has 1 heterocycles. The van der Waals surface area contributed by atoms with Crippen molar-refractivity contribution in [2.75, 3.05) is 29.0 Å². The first-order chi connectivity index (χ1) is 10.5. The Hall–Kier alpha value is -1.37. The van der Waals surface area contributed by atoms with Gasteiger partial charge in [-0.1, -0.05) is 11.6 Å². The second-order valence-electron chi connectivity index (χ2n) is 5.01. The normalized spacial score (nSPS) is 14.5. The summed E-state index contributed by atoms with van der Waals surface area (Å²) in [5.41, 5.74) is 1.44. The largest absolute Gasteiger partial charge is 0.373 e. The van der Waals surface area contributed by atoms with Crippen LogP contribution in [0.1, 0.15) is 0 Å². The van der Waals surface area contributed by atoms with Crippen LogP contribution in [0.5, 0.6) is 0 Å². The number of nitrogens with zero attached hydrogens (tertiary/aromatic N) is 1.